The van der Waals surface area contributed by atoms with Gasteiger partial charge in [-0.3, -0.25) is 4.90 Å². The van der Waals surface area contributed by atoms with Gasteiger partial charge in [-0.15, -0.1) is 0 Å². The normalized spacial score (nSPS) is 35.2. The minimum Gasteiger partial charge on any atom is -0.390 e. The zero-order valence-electron chi connectivity index (χ0n) is 6.79. The van der Waals surface area contributed by atoms with Crippen molar-refractivity contribution in [3.05, 3.63) is 0 Å². The second-order valence-corrected chi connectivity index (χ2v) is 3.61. The minimum absolute atomic E-state index is 0.0445. The third-order valence-corrected chi connectivity index (χ3v) is 2.68. The zero-order chi connectivity index (χ0) is 7.68. The number of hydrogen-bond acceptors (Lipinski definition) is 3. The van der Waals surface area contributed by atoms with Crippen molar-refractivity contribution in [3.8, 4) is 0 Å². The van der Waals surface area contributed by atoms with Crippen LogP contribution in [0.4, 0.5) is 0 Å². The Morgan fingerprint density at radius 3 is 2.73 bits per heavy atom. The maximum atomic E-state index is 9.09. The number of β-amino-alcohol motifs (C(OH)–C–C–N with tert-alkyl or cyclic N) is 1. The molecule has 2 saturated heterocycles. The summed E-state index contributed by atoms with van der Waals surface area (Å²) in [6, 6.07) is 0.701. The van der Waals surface area contributed by atoms with Crippen molar-refractivity contribution in [1.29, 1.82) is 0 Å². The van der Waals surface area contributed by atoms with Gasteiger partial charge in [0.15, 0.2) is 0 Å². The SMILES string of the molecule is OC1CN([C@H]2CCCNC2)C1. The Kier molecular flexibility index (Phi) is 2.11. The Labute approximate surface area is 67.4 Å². The van der Waals surface area contributed by atoms with Crippen molar-refractivity contribution >= 4 is 0 Å². The van der Waals surface area contributed by atoms with Gasteiger partial charge in [0, 0.05) is 25.7 Å². The predicted octanol–water partition coefficient (Wildman–Crippen LogP) is -0.585. The predicted molar refractivity (Wildman–Crippen MR) is 43.5 cm³/mol. The van der Waals surface area contributed by atoms with E-state index in [1.807, 2.05) is 0 Å². The molecule has 0 aromatic heterocycles. The van der Waals surface area contributed by atoms with Crippen LogP contribution in [0.2, 0.25) is 0 Å². The molecule has 3 heteroatoms. The highest BCUT2D eigenvalue weighted by atomic mass is 16.3. The number of piperidine rings is 1. The van der Waals surface area contributed by atoms with E-state index in [2.05, 4.69) is 10.2 Å². The summed E-state index contributed by atoms with van der Waals surface area (Å²) in [5.74, 6) is 0. The van der Waals surface area contributed by atoms with Crippen LogP contribution < -0.4 is 5.32 Å². The summed E-state index contributed by atoms with van der Waals surface area (Å²) in [6.07, 6.45) is 2.55. The van der Waals surface area contributed by atoms with E-state index in [1.54, 1.807) is 0 Å². The molecule has 3 nitrogen and oxygen atoms in total. The quantitative estimate of drug-likeness (QED) is 0.533. The van der Waals surface area contributed by atoms with Crippen molar-refractivity contribution in [3.63, 3.8) is 0 Å². The summed E-state index contributed by atoms with van der Waals surface area (Å²) >= 11 is 0. The lowest BCUT2D eigenvalue weighted by molar-refractivity contribution is -0.0297. The van der Waals surface area contributed by atoms with Crippen LogP contribution in [-0.4, -0.2) is 48.3 Å². The summed E-state index contributed by atoms with van der Waals surface area (Å²) in [7, 11) is 0. The molecule has 0 bridgehead atoms. The molecule has 0 saturated carbocycles. The molecule has 0 spiro atoms. The van der Waals surface area contributed by atoms with Gasteiger partial charge >= 0.3 is 0 Å². The van der Waals surface area contributed by atoms with Crippen molar-refractivity contribution in [2.75, 3.05) is 26.2 Å². The summed E-state index contributed by atoms with van der Waals surface area (Å²) < 4.78 is 0. The monoisotopic (exact) mass is 156 g/mol. The first-order chi connectivity index (χ1) is 5.36. The maximum Gasteiger partial charge on any atom is 0.0794 e. The molecule has 0 aromatic rings. The average molecular weight is 156 g/mol. The highest BCUT2D eigenvalue weighted by Crippen LogP contribution is 2.17. The van der Waals surface area contributed by atoms with Crippen LogP contribution in [0.3, 0.4) is 0 Å². The van der Waals surface area contributed by atoms with Crippen LogP contribution in [0.1, 0.15) is 12.8 Å². The first-order valence-electron chi connectivity index (χ1n) is 4.49. The molecule has 2 heterocycles. The molecular formula is C8H16N2O. The summed E-state index contributed by atoms with van der Waals surface area (Å²) in [5.41, 5.74) is 0. The van der Waals surface area contributed by atoms with Crippen molar-refractivity contribution < 1.29 is 5.11 Å². The number of aliphatic hydroxyl groups excluding tert-OH is 1. The molecule has 11 heavy (non-hydrogen) atoms. The van der Waals surface area contributed by atoms with E-state index in [9.17, 15) is 0 Å². The van der Waals surface area contributed by atoms with E-state index in [4.69, 9.17) is 5.11 Å². The van der Waals surface area contributed by atoms with Crippen LogP contribution in [0.5, 0.6) is 0 Å². The highest BCUT2D eigenvalue weighted by Gasteiger charge is 2.31. The number of rotatable bonds is 1. The van der Waals surface area contributed by atoms with Crippen LogP contribution in [0.15, 0.2) is 0 Å². The number of likely N-dealkylation sites (tertiary alicyclic amines) is 1. The van der Waals surface area contributed by atoms with Gasteiger partial charge in [0.05, 0.1) is 6.10 Å². The van der Waals surface area contributed by atoms with Gasteiger partial charge in [-0.1, -0.05) is 0 Å². The second kappa shape index (κ2) is 3.09. The minimum atomic E-state index is -0.0445. The lowest BCUT2D eigenvalue weighted by Crippen LogP contribution is -2.58. The van der Waals surface area contributed by atoms with E-state index < -0.39 is 0 Å². The Hall–Kier alpha value is -0.120. The zero-order valence-corrected chi connectivity index (χ0v) is 6.79. The number of nitrogens with one attached hydrogen (secondary N) is 1. The number of nitrogens with zero attached hydrogens (tertiary/aromatic N) is 1. The third kappa shape index (κ3) is 1.55. The molecule has 0 radical (unpaired) electrons. The van der Waals surface area contributed by atoms with Crippen molar-refractivity contribution in [2.24, 2.45) is 0 Å². The molecule has 0 aromatic carbocycles. The van der Waals surface area contributed by atoms with E-state index in [0.29, 0.717) is 6.04 Å². The largest absolute Gasteiger partial charge is 0.390 e. The van der Waals surface area contributed by atoms with E-state index in [-0.39, 0.29) is 6.10 Å². The van der Waals surface area contributed by atoms with Gasteiger partial charge in [-0.25, -0.2) is 0 Å². The maximum absolute atomic E-state index is 9.09. The van der Waals surface area contributed by atoms with E-state index in [0.717, 1.165) is 19.6 Å². The van der Waals surface area contributed by atoms with E-state index >= 15 is 0 Å². The smallest absolute Gasteiger partial charge is 0.0794 e. The fourth-order valence-corrected chi connectivity index (χ4v) is 1.93. The van der Waals surface area contributed by atoms with Crippen molar-refractivity contribution in [1.82, 2.24) is 10.2 Å². The molecule has 2 aliphatic heterocycles. The Morgan fingerprint density at radius 1 is 1.36 bits per heavy atom. The molecule has 1 atom stereocenters. The van der Waals surface area contributed by atoms with Gasteiger partial charge < -0.3 is 10.4 Å². The van der Waals surface area contributed by atoms with E-state index in [1.165, 1.54) is 19.4 Å². The first-order valence-corrected chi connectivity index (χ1v) is 4.49. The fraction of sp³-hybridized carbons (Fsp3) is 1.00. The molecule has 2 fully saturated rings. The summed E-state index contributed by atoms with van der Waals surface area (Å²) in [4.78, 5) is 2.37. The van der Waals surface area contributed by atoms with Gasteiger partial charge in [-0.2, -0.15) is 0 Å². The van der Waals surface area contributed by atoms with Gasteiger partial charge in [0.1, 0.15) is 0 Å². The Balaban J connectivity index is 1.76. The molecule has 0 amide bonds. The van der Waals surface area contributed by atoms with Crippen LogP contribution in [-0.2, 0) is 0 Å². The first kappa shape index (κ1) is 7.53. The molecule has 2 aliphatic rings. The Morgan fingerprint density at radius 2 is 2.18 bits per heavy atom. The summed E-state index contributed by atoms with van der Waals surface area (Å²) in [6.45, 7) is 4.08. The van der Waals surface area contributed by atoms with Gasteiger partial charge in [-0.05, 0) is 19.4 Å². The molecule has 2 rings (SSSR count). The number of hydrogen-bond donors (Lipinski definition) is 2. The van der Waals surface area contributed by atoms with Crippen LogP contribution >= 0.6 is 0 Å². The van der Waals surface area contributed by atoms with Gasteiger partial charge in [0.25, 0.3) is 0 Å². The fourth-order valence-electron chi connectivity index (χ4n) is 1.93. The second-order valence-electron chi connectivity index (χ2n) is 3.61. The highest BCUT2D eigenvalue weighted by molar-refractivity contribution is 4.87. The molecule has 0 aliphatic carbocycles. The Bertz CT molecular complexity index is 128. The standard InChI is InChI=1S/C8H16N2O/c11-8-5-10(6-8)7-2-1-3-9-4-7/h7-9,11H,1-6H2/t7-/m0/s1. The summed E-state index contributed by atoms with van der Waals surface area (Å²) in [5, 5.41) is 12.5. The third-order valence-electron chi connectivity index (χ3n) is 2.68. The van der Waals surface area contributed by atoms with Gasteiger partial charge in [0.2, 0.25) is 0 Å². The molecule has 64 valence electrons. The molecule has 2 N–H and O–H groups in total. The topological polar surface area (TPSA) is 35.5 Å². The molecule has 0 unspecified atom stereocenters. The van der Waals surface area contributed by atoms with Crippen LogP contribution in [0, 0.1) is 0 Å². The lowest BCUT2D eigenvalue weighted by Gasteiger charge is -2.43. The average Bonchev–Trinajstić information content (AvgIpc) is 2.01. The number of aliphatic hydroxyl groups is 1. The van der Waals surface area contributed by atoms with Crippen molar-refractivity contribution in [2.45, 2.75) is 25.0 Å². The van der Waals surface area contributed by atoms with Crippen LogP contribution in [0.25, 0.3) is 0 Å². The lowest BCUT2D eigenvalue weighted by atomic mass is 10.0. The molecular weight excluding hydrogens is 140 g/mol.